The standard InChI is InChI=1S/C13H20N2S/c1-9-5-10(2)7-12(6-9)8-15(4)11(3)13(14)16/h5-7,11H,8H2,1-4H3,(H2,14,16). The fraction of sp³-hybridized carbons (Fsp3) is 0.462. The maximum atomic E-state index is 5.64. The van der Waals surface area contributed by atoms with Gasteiger partial charge in [-0.15, -0.1) is 0 Å². The van der Waals surface area contributed by atoms with E-state index in [0.29, 0.717) is 4.99 Å². The Morgan fingerprint density at radius 1 is 1.31 bits per heavy atom. The first kappa shape index (κ1) is 13.1. The first-order valence-corrected chi connectivity index (χ1v) is 5.87. The monoisotopic (exact) mass is 236 g/mol. The van der Waals surface area contributed by atoms with Crippen molar-refractivity contribution in [2.45, 2.75) is 33.4 Å². The quantitative estimate of drug-likeness (QED) is 0.814. The van der Waals surface area contributed by atoms with E-state index >= 15 is 0 Å². The zero-order valence-corrected chi connectivity index (χ0v) is 11.3. The number of benzene rings is 1. The van der Waals surface area contributed by atoms with Gasteiger partial charge in [-0.1, -0.05) is 41.5 Å². The van der Waals surface area contributed by atoms with Gasteiger partial charge < -0.3 is 5.73 Å². The fourth-order valence-corrected chi connectivity index (χ4v) is 1.98. The van der Waals surface area contributed by atoms with Gasteiger partial charge in [-0.05, 0) is 33.4 Å². The third kappa shape index (κ3) is 3.58. The van der Waals surface area contributed by atoms with Crippen molar-refractivity contribution in [3.63, 3.8) is 0 Å². The van der Waals surface area contributed by atoms with E-state index in [4.69, 9.17) is 18.0 Å². The van der Waals surface area contributed by atoms with Gasteiger partial charge in [0.2, 0.25) is 0 Å². The average Bonchev–Trinajstić information content (AvgIpc) is 2.14. The van der Waals surface area contributed by atoms with Gasteiger partial charge in [0.25, 0.3) is 0 Å². The molecule has 1 unspecified atom stereocenters. The minimum atomic E-state index is 0.135. The van der Waals surface area contributed by atoms with Crippen LogP contribution in [0.5, 0.6) is 0 Å². The lowest BCUT2D eigenvalue weighted by Gasteiger charge is -2.23. The van der Waals surface area contributed by atoms with Crippen LogP contribution < -0.4 is 5.73 Å². The minimum absolute atomic E-state index is 0.135. The molecule has 0 aliphatic heterocycles. The molecule has 2 N–H and O–H groups in total. The zero-order chi connectivity index (χ0) is 12.3. The van der Waals surface area contributed by atoms with E-state index in [9.17, 15) is 0 Å². The summed E-state index contributed by atoms with van der Waals surface area (Å²) in [6.45, 7) is 7.15. The van der Waals surface area contributed by atoms with Gasteiger partial charge in [0.1, 0.15) is 0 Å². The Morgan fingerprint density at radius 2 is 1.81 bits per heavy atom. The van der Waals surface area contributed by atoms with Crippen molar-refractivity contribution >= 4 is 17.2 Å². The summed E-state index contributed by atoms with van der Waals surface area (Å²) in [5.41, 5.74) is 9.54. The number of thiocarbonyl (C=S) groups is 1. The van der Waals surface area contributed by atoms with Crippen molar-refractivity contribution < 1.29 is 0 Å². The lowest BCUT2D eigenvalue weighted by molar-refractivity contribution is 0.304. The van der Waals surface area contributed by atoms with E-state index < -0.39 is 0 Å². The Bertz CT molecular complexity index is 367. The van der Waals surface area contributed by atoms with Gasteiger partial charge >= 0.3 is 0 Å². The molecule has 16 heavy (non-hydrogen) atoms. The molecule has 88 valence electrons. The highest BCUT2D eigenvalue weighted by molar-refractivity contribution is 7.80. The largest absolute Gasteiger partial charge is 0.392 e. The molecule has 3 heteroatoms. The second kappa shape index (κ2) is 5.41. The normalized spacial score (nSPS) is 12.8. The number of aryl methyl sites for hydroxylation is 2. The van der Waals surface area contributed by atoms with E-state index in [0.717, 1.165) is 6.54 Å². The molecule has 0 spiro atoms. The van der Waals surface area contributed by atoms with E-state index in [1.807, 2.05) is 14.0 Å². The number of likely N-dealkylation sites (N-methyl/N-ethyl adjacent to an activating group) is 1. The number of nitrogens with zero attached hydrogens (tertiary/aromatic N) is 1. The highest BCUT2D eigenvalue weighted by Crippen LogP contribution is 2.12. The molecule has 0 saturated carbocycles. The molecule has 1 aromatic rings. The van der Waals surface area contributed by atoms with E-state index in [1.54, 1.807) is 0 Å². The van der Waals surface area contributed by atoms with Crippen LogP contribution in [-0.4, -0.2) is 23.0 Å². The number of nitrogens with two attached hydrogens (primary N) is 1. The summed E-state index contributed by atoms with van der Waals surface area (Å²) in [7, 11) is 2.04. The highest BCUT2D eigenvalue weighted by atomic mass is 32.1. The first-order valence-electron chi connectivity index (χ1n) is 5.47. The summed E-state index contributed by atoms with van der Waals surface area (Å²) in [6.07, 6.45) is 0. The SMILES string of the molecule is Cc1cc(C)cc(CN(C)C(C)C(N)=S)c1. The number of hydrogen-bond acceptors (Lipinski definition) is 2. The van der Waals surface area contributed by atoms with Crippen molar-refractivity contribution in [1.82, 2.24) is 4.90 Å². The van der Waals surface area contributed by atoms with E-state index in [1.165, 1.54) is 16.7 Å². The highest BCUT2D eigenvalue weighted by Gasteiger charge is 2.11. The second-order valence-electron chi connectivity index (χ2n) is 4.49. The van der Waals surface area contributed by atoms with Crippen LogP contribution in [0.2, 0.25) is 0 Å². The minimum Gasteiger partial charge on any atom is -0.392 e. The molecule has 0 amide bonds. The van der Waals surface area contributed by atoms with Crippen molar-refractivity contribution in [1.29, 1.82) is 0 Å². The molecule has 0 bridgehead atoms. The third-order valence-corrected chi connectivity index (χ3v) is 3.13. The Balaban J connectivity index is 2.76. The molecule has 0 radical (unpaired) electrons. The Kier molecular flexibility index (Phi) is 4.44. The van der Waals surface area contributed by atoms with Gasteiger partial charge in [-0.3, -0.25) is 4.90 Å². The molecule has 1 rings (SSSR count). The van der Waals surface area contributed by atoms with Crippen LogP contribution in [-0.2, 0) is 6.54 Å². The van der Waals surface area contributed by atoms with Crippen LogP contribution >= 0.6 is 12.2 Å². The Labute approximate surface area is 103 Å². The first-order chi connectivity index (χ1) is 7.40. The smallest absolute Gasteiger partial charge is 0.0899 e. The van der Waals surface area contributed by atoms with Crippen LogP contribution in [0.25, 0.3) is 0 Å². The van der Waals surface area contributed by atoms with Gasteiger partial charge in [0.15, 0.2) is 0 Å². The molecule has 0 aliphatic rings. The summed E-state index contributed by atoms with van der Waals surface area (Å²) >= 11 is 5.00. The summed E-state index contributed by atoms with van der Waals surface area (Å²) in [4.78, 5) is 2.71. The molecule has 0 heterocycles. The van der Waals surface area contributed by atoms with Gasteiger partial charge in [-0.2, -0.15) is 0 Å². The topological polar surface area (TPSA) is 29.3 Å². The van der Waals surface area contributed by atoms with Crippen LogP contribution in [0.1, 0.15) is 23.6 Å². The van der Waals surface area contributed by atoms with Crippen molar-refractivity contribution in [2.75, 3.05) is 7.05 Å². The fourth-order valence-electron chi connectivity index (χ4n) is 1.80. The van der Waals surface area contributed by atoms with Crippen molar-refractivity contribution in [3.8, 4) is 0 Å². The second-order valence-corrected chi connectivity index (χ2v) is 4.96. The Hall–Kier alpha value is -0.930. The number of rotatable bonds is 4. The van der Waals surface area contributed by atoms with E-state index in [2.05, 4.69) is 36.9 Å². The van der Waals surface area contributed by atoms with Gasteiger partial charge in [-0.25, -0.2) is 0 Å². The van der Waals surface area contributed by atoms with Crippen LogP contribution in [0.4, 0.5) is 0 Å². The lowest BCUT2D eigenvalue weighted by atomic mass is 10.1. The maximum Gasteiger partial charge on any atom is 0.0899 e. The van der Waals surface area contributed by atoms with Crippen molar-refractivity contribution in [3.05, 3.63) is 34.9 Å². The predicted octanol–water partition coefficient (Wildman–Crippen LogP) is 2.41. The predicted molar refractivity (Wildman–Crippen MR) is 73.6 cm³/mol. The summed E-state index contributed by atoms with van der Waals surface area (Å²) in [5.74, 6) is 0. The van der Waals surface area contributed by atoms with Gasteiger partial charge in [0.05, 0.1) is 11.0 Å². The average molecular weight is 236 g/mol. The van der Waals surface area contributed by atoms with Crippen molar-refractivity contribution in [2.24, 2.45) is 5.73 Å². The molecule has 1 atom stereocenters. The molecule has 0 aromatic heterocycles. The molecule has 0 aliphatic carbocycles. The summed E-state index contributed by atoms with van der Waals surface area (Å²) in [6, 6.07) is 6.72. The number of hydrogen-bond donors (Lipinski definition) is 1. The van der Waals surface area contributed by atoms with Gasteiger partial charge in [0, 0.05) is 6.54 Å². The van der Waals surface area contributed by atoms with Crippen LogP contribution in [0, 0.1) is 13.8 Å². The summed E-state index contributed by atoms with van der Waals surface area (Å²) in [5, 5.41) is 0. The third-order valence-electron chi connectivity index (χ3n) is 2.79. The molecule has 1 aromatic carbocycles. The zero-order valence-electron chi connectivity index (χ0n) is 10.4. The maximum absolute atomic E-state index is 5.64. The van der Waals surface area contributed by atoms with E-state index in [-0.39, 0.29) is 6.04 Å². The molecule has 0 saturated heterocycles. The van der Waals surface area contributed by atoms with Crippen LogP contribution in [0.3, 0.4) is 0 Å². The molecular weight excluding hydrogens is 216 g/mol. The molecular formula is C13H20N2S. The molecule has 0 fully saturated rings. The van der Waals surface area contributed by atoms with Crippen LogP contribution in [0.15, 0.2) is 18.2 Å². The lowest BCUT2D eigenvalue weighted by Crippen LogP contribution is -2.38. The molecule has 2 nitrogen and oxygen atoms in total. The Morgan fingerprint density at radius 3 is 2.25 bits per heavy atom. The summed E-state index contributed by atoms with van der Waals surface area (Å²) < 4.78 is 0.